The predicted octanol–water partition coefficient (Wildman–Crippen LogP) is 0.262. The highest BCUT2D eigenvalue weighted by molar-refractivity contribution is 6.04. The molecular formula is C15H21N5O3. The van der Waals surface area contributed by atoms with Crippen LogP contribution in [0.15, 0.2) is 6.07 Å². The molecule has 3 heterocycles. The van der Waals surface area contributed by atoms with Gasteiger partial charge in [0.2, 0.25) is 0 Å². The Morgan fingerprint density at radius 2 is 1.96 bits per heavy atom. The first-order valence-corrected chi connectivity index (χ1v) is 7.72. The number of likely N-dealkylation sites (N-methyl/N-ethyl adjacent to an activating group) is 1. The molecule has 1 atom stereocenters. The van der Waals surface area contributed by atoms with Crippen molar-refractivity contribution in [2.45, 2.75) is 25.8 Å². The molecular weight excluding hydrogens is 298 g/mol. The zero-order chi connectivity index (χ0) is 16.9. The molecule has 23 heavy (non-hydrogen) atoms. The normalized spacial score (nSPS) is 21.4. The molecule has 0 spiro atoms. The molecule has 0 saturated carbocycles. The molecule has 3 rings (SSSR count). The monoisotopic (exact) mass is 319 g/mol. The van der Waals surface area contributed by atoms with Gasteiger partial charge < -0.3 is 9.80 Å². The molecule has 1 aromatic heterocycles. The van der Waals surface area contributed by atoms with E-state index in [4.69, 9.17) is 0 Å². The number of urea groups is 1. The van der Waals surface area contributed by atoms with E-state index in [1.54, 1.807) is 15.6 Å². The Hall–Kier alpha value is -2.38. The van der Waals surface area contributed by atoms with Gasteiger partial charge in [-0.1, -0.05) is 13.8 Å². The molecule has 2 aliphatic heterocycles. The second kappa shape index (κ2) is 5.36. The number of carbonyl (C=O) groups excluding carboxylic acids is 3. The lowest BCUT2D eigenvalue weighted by molar-refractivity contribution is -0.128. The van der Waals surface area contributed by atoms with Gasteiger partial charge in [-0.05, 0) is 12.0 Å². The second-order valence-electron chi connectivity index (χ2n) is 6.37. The van der Waals surface area contributed by atoms with Gasteiger partial charge in [0.1, 0.15) is 6.04 Å². The van der Waals surface area contributed by atoms with E-state index >= 15 is 0 Å². The van der Waals surface area contributed by atoms with Gasteiger partial charge in [0, 0.05) is 32.9 Å². The molecule has 0 aromatic carbocycles. The van der Waals surface area contributed by atoms with E-state index < -0.39 is 6.04 Å². The molecule has 0 N–H and O–H groups in total. The molecule has 0 radical (unpaired) electrons. The van der Waals surface area contributed by atoms with Gasteiger partial charge in [-0.25, -0.2) is 4.79 Å². The minimum Gasteiger partial charge on any atom is -0.333 e. The topological polar surface area (TPSA) is 78.8 Å². The lowest BCUT2D eigenvalue weighted by Gasteiger charge is -2.34. The highest BCUT2D eigenvalue weighted by atomic mass is 16.2. The molecule has 124 valence electrons. The van der Waals surface area contributed by atoms with Gasteiger partial charge in [0.15, 0.2) is 5.69 Å². The van der Waals surface area contributed by atoms with Gasteiger partial charge in [0.05, 0.1) is 6.54 Å². The highest BCUT2D eigenvalue weighted by Gasteiger charge is 2.46. The van der Waals surface area contributed by atoms with Crippen LogP contribution in [-0.2, 0) is 11.8 Å². The Kier molecular flexibility index (Phi) is 3.62. The summed E-state index contributed by atoms with van der Waals surface area (Å²) in [6.45, 7) is 5.09. The van der Waals surface area contributed by atoms with Crippen molar-refractivity contribution in [3.63, 3.8) is 0 Å². The number of nitrogens with zero attached hydrogens (tertiary/aromatic N) is 5. The van der Waals surface area contributed by atoms with Crippen molar-refractivity contribution in [2.75, 3.05) is 26.7 Å². The van der Waals surface area contributed by atoms with Crippen LogP contribution >= 0.6 is 0 Å². The fourth-order valence-electron chi connectivity index (χ4n) is 3.21. The van der Waals surface area contributed by atoms with Crippen LogP contribution in [0, 0.1) is 0 Å². The minimum atomic E-state index is -0.571. The maximum Gasteiger partial charge on any atom is 0.327 e. The van der Waals surface area contributed by atoms with E-state index in [0.29, 0.717) is 18.8 Å². The molecule has 2 saturated heterocycles. The predicted molar refractivity (Wildman–Crippen MR) is 81.9 cm³/mol. The Bertz CT molecular complexity index is 681. The summed E-state index contributed by atoms with van der Waals surface area (Å²) in [5.74, 6) is -0.174. The first-order valence-electron chi connectivity index (χ1n) is 7.72. The summed E-state index contributed by atoms with van der Waals surface area (Å²) >= 11 is 0. The summed E-state index contributed by atoms with van der Waals surface area (Å²) < 4.78 is 1.71. The first kappa shape index (κ1) is 15.5. The number of carbonyl (C=O) groups is 3. The van der Waals surface area contributed by atoms with E-state index in [1.165, 1.54) is 11.9 Å². The SMILES string of the molecule is CC(C)c1cc(C(=O)N2CCN3C(=O)N(C)C(=O)C3C2)nn1C. The fraction of sp³-hybridized carbons (Fsp3) is 0.600. The van der Waals surface area contributed by atoms with E-state index in [1.807, 2.05) is 20.9 Å². The molecule has 4 amide bonds. The average Bonchev–Trinajstić information content (AvgIpc) is 3.01. The number of hydrogen-bond donors (Lipinski definition) is 0. The number of rotatable bonds is 2. The van der Waals surface area contributed by atoms with Gasteiger partial charge >= 0.3 is 6.03 Å². The zero-order valence-corrected chi connectivity index (χ0v) is 13.8. The van der Waals surface area contributed by atoms with Gasteiger partial charge in [-0.2, -0.15) is 5.10 Å². The van der Waals surface area contributed by atoms with Crippen LogP contribution in [0.25, 0.3) is 0 Å². The molecule has 2 aliphatic rings. The van der Waals surface area contributed by atoms with E-state index in [2.05, 4.69) is 5.10 Å². The van der Waals surface area contributed by atoms with Crippen LogP contribution in [0.4, 0.5) is 4.79 Å². The number of amides is 4. The maximum absolute atomic E-state index is 12.7. The van der Waals surface area contributed by atoms with Crippen molar-refractivity contribution in [1.29, 1.82) is 0 Å². The minimum absolute atomic E-state index is 0.193. The molecule has 1 aromatic rings. The molecule has 8 nitrogen and oxygen atoms in total. The Morgan fingerprint density at radius 3 is 2.57 bits per heavy atom. The Balaban J connectivity index is 1.78. The summed E-state index contributed by atoms with van der Waals surface area (Å²) in [5.41, 5.74) is 1.37. The fourth-order valence-corrected chi connectivity index (χ4v) is 3.21. The van der Waals surface area contributed by atoms with Gasteiger partial charge in [-0.15, -0.1) is 0 Å². The number of hydrogen-bond acceptors (Lipinski definition) is 4. The maximum atomic E-state index is 12.7. The van der Waals surface area contributed by atoms with Crippen molar-refractivity contribution in [1.82, 2.24) is 24.5 Å². The van der Waals surface area contributed by atoms with Crippen LogP contribution < -0.4 is 0 Å². The van der Waals surface area contributed by atoms with Crippen molar-refractivity contribution in [2.24, 2.45) is 7.05 Å². The summed E-state index contributed by atoms with van der Waals surface area (Å²) in [6.07, 6.45) is 0. The lowest BCUT2D eigenvalue weighted by Crippen LogP contribution is -2.54. The standard InChI is InChI=1S/C15H21N5O3/c1-9(2)11-7-10(16-18(11)4)13(21)19-5-6-20-12(8-19)14(22)17(3)15(20)23/h7,9,12H,5-6,8H2,1-4H3. The van der Waals surface area contributed by atoms with Crippen LogP contribution in [-0.4, -0.2) is 75.0 Å². The van der Waals surface area contributed by atoms with Crippen molar-refractivity contribution in [3.05, 3.63) is 17.5 Å². The van der Waals surface area contributed by atoms with Crippen molar-refractivity contribution >= 4 is 17.8 Å². The molecule has 0 aliphatic carbocycles. The first-order chi connectivity index (χ1) is 10.8. The largest absolute Gasteiger partial charge is 0.333 e. The van der Waals surface area contributed by atoms with Gasteiger partial charge in [0.25, 0.3) is 11.8 Å². The van der Waals surface area contributed by atoms with Crippen molar-refractivity contribution in [3.8, 4) is 0 Å². The zero-order valence-electron chi connectivity index (χ0n) is 13.8. The quantitative estimate of drug-likeness (QED) is 0.733. The molecule has 1 unspecified atom stereocenters. The van der Waals surface area contributed by atoms with E-state index in [0.717, 1.165) is 10.6 Å². The average molecular weight is 319 g/mol. The van der Waals surface area contributed by atoms with Crippen LogP contribution in [0.2, 0.25) is 0 Å². The Morgan fingerprint density at radius 1 is 1.26 bits per heavy atom. The summed E-state index contributed by atoms with van der Waals surface area (Å²) in [5, 5.41) is 4.29. The summed E-state index contributed by atoms with van der Waals surface area (Å²) in [4.78, 5) is 41.0. The number of imide groups is 1. The third-order valence-electron chi connectivity index (χ3n) is 4.54. The Labute approximate surface area is 134 Å². The number of fused-ring (bicyclic) bond motifs is 1. The molecule has 0 bridgehead atoms. The summed E-state index contributed by atoms with van der Waals surface area (Å²) in [6, 6.07) is 0.943. The highest BCUT2D eigenvalue weighted by Crippen LogP contribution is 2.22. The molecule has 8 heteroatoms. The third-order valence-corrected chi connectivity index (χ3v) is 4.54. The summed E-state index contributed by atoms with van der Waals surface area (Å²) in [7, 11) is 3.29. The lowest BCUT2D eigenvalue weighted by atomic mass is 10.1. The van der Waals surface area contributed by atoms with E-state index in [-0.39, 0.29) is 30.3 Å². The van der Waals surface area contributed by atoms with E-state index in [9.17, 15) is 14.4 Å². The second-order valence-corrected chi connectivity index (χ2v) is 6.37. The third kappa shape index (κ3) is 2.38. The van der Waals surface area contributed by atoms with Gasteiger partial charge in [-0.3, -0.25) is 19.2 Å². The number of aryl methyl sites for hydroxylation is 1. The molecule has 2 fully saturated rings. The van der Waals surface area contributed by atoms with Crippen LogP contribution in [0.3, 0.4) is 0 Å². The van der Waals surface area contributed by atoms with Crippen molar-refractivity contribution < 1.29 is 14.4 Å². The van der Waals surface area contributed by atoms with Crippen LogP contribution in [0.5, 0.6) is 0 Å². The number of aromatic nitrogens is 2. The smallest absolute Gasteiger partial charge is 0.327 e. The number of piperazine rings is 1. The van der Waals surface area contributed by atoms with Crippen LogP contribution in [0.1, 0.15) is 35.9 Å².